The summed E-state index contributed by atoms with van der Waals surface area (Å²) in [7, 11) is 0. The number of halogens is 2. The fourth-order valence-corrected chi connectivity index (χ4v) is 3.00. The second kappa shape index (κ2) is 9.00. The van der Waals surface area contributed by atoms with Crippen molar-refractivity contribution in [2.75, 3.05) is 11.9 Å². The topological polar surface area (TPSA) is 81.5 Å². The molecule has 0 saturated heterocycles. The van der Waals surface area contributed by atoms with Gasteiger partial charge in [0.05, 0.1) is 16.0 Å². The normalized spacial score (nSPS) is 10.5. The number of hydrogen-bond acceptors (Lipinski definition) is 4. The second-order valence-electron chi connectivity index (χ2n) is 5.75. The third kappa shape index (κ3) is 5.19. The van der Waals surface area contributed by atoms with Crippen LogP contribution in [0.3, 0.4) is 0 Å². The standard InChI is InChI=1S/C18H18BrClN2O4/c1-11-10-15(17(19)12(2)18(11)20)26-9-3-4-16(23)21-13-5-7-14(8-6-13)22(24)25/h5-8,10H,3-4,9H2,1-2H3,(H,21,23). The molecule has 2 aromatic carbocycles. The average molecular weight is 442 g/mol. The van der Waals surface area contributed by atoms with Gasteiger partial charge in [0.25, 0.3) is 5.69 Å². The van der Waals surface area contributed by atoms with Crippen LogP contribution >= 0.6 is 27.5 Å². The van der Waals surface area contributed by atoms with Crippen molar-refractivity contribution in [2.45, 2.75) is 26.7 Å². The van der Waals surface area contributed by atoms with E-state index in [2.05, 4.69) is 21.2 Å². The van der Waals surface area contributed by atoms with Gasteiger partial charge in [-0.1, -0.05) is 11.6 Å². The first-order chi connectivity index (χ1) is 12.3. The minimum absolute atomic E-state index is 0.0180. The van der Waals surface area contributed by atoms with Crippen LogP contribution in [0, 0.1) is 24.0 Å². The van der Waals surface area contributed by atoms with E-state index in [0.717, 1.165) is 15.6 Å². The highest BCUT2D eigenvalue weighted by molar-refractivity contribution is 9.10. The fourth-order valence-electron chi connectivity index (χ4n) is 2.31. The number of nitrogens with one attached hydrogen (secondary N) is 1. The molecule has 0 aliphatic rings. The van der Waals surface area contributed by atoms with Crippen molar-refractivity contribution in [1.82, 2.24) is 0 Å². The summed E-state index contributed by atoms with van der Waals surface area (Å²) in [5, 5.41) is 14.0. The highest BCUT2D eigenvalue weighted by atomic mass is 79.9. The monoisotopic (exact) mass is 440 g/mol. The summed E-state index contributed by atoms with van der Waals surface area (Å²) >= 11 is 9.66. The van der Waals surface area contributed by atoms with E-state index < -0.39 is 4.92 Å². The van der Waals surface area contributed by atoms with E-state index in [-0.39, 0.29) is 18.0 Å². The number of nitrogens with zero attached hydrogens (tertiary/aromatic N) is 1. The zero-order valence-electron chi connectivity index (χ0n) is 14.3. The number of rotatable bonds is 7. The Balaban J connectivity index is 1.81. The first-order valence-electron chi connectivity index (χ1n) is 7.92. The van der Waals surface area contributed by atoms with Gasteiger partial charge >= 0.3 is 0 Å². The van der Waals surface area contributed by atoms with E-state index in [9.17, 15) is 14.9 Å². The molecule has 26 heavy (non-hydrogen) atoms. The van der Waals surface area contributed by atoms with Gasteiger partial charge in [-0.25, -0.2) is 0 Å². The molecular weight excluding hydrogens is 424 g/mol. The van der Waals surface area contributed by atoms with Crippen molar-refractivity contribution in [3.8, 4) is 5.75 Å². The molecule has 0 radical (unpaired) electrons. The molecule has 2 rings (SSSR count). The largest absolute Gasteiger partial charge is 0.492 e. The van der Waals surface area contributed by atoms with Gasteiger partial charge in [-0.3, -0.25) is 14.9 Å². The fraction of sp³-hybridized carbons (Fsp3) is 0.278. The number of benzene rings is 2. The Morgan fingerprint density at radius 3 is 2.58 bits per heavy atom. The minimum atomic E-state index is -0.485. The number of nitro groups is 1. The molecule has 0 aliphatic heterocycles. The number of nitro benzene ring substituents is 1. The summed E-state index contributed by atoms with van der Waals surface area (Å²) in [5.74, 6) is 0.519. The average Bonchev–Trinajstić information content (AvgIpc) is 2.61. The van der Waals surface area contributed by atoms with Crippen LogP contribution in [0.25, 0.3) is 0 Å². The third-order valence-electron chi connectivity index (χ3n) is 3.74. The van der Waals surface area contributed by atoms with Crippen LogP contribution in [0.15, 0.2) is 34.8 Å². The Bertz CT molecular complexity index is 825. The molecule has 0 atom stereocenters. The number of hydrogen-bond donors (Lipinski definition) is 1. The van der Waals surface area contributed by atoms with Gasteiger partial charge < -0.3 is 10.1 Å². The predicted molar refractivity (Wildman–Crippen MR) is 105 cm³/mol. The van der Waals surface area contributed by atoms with E-state index in [4.69, 9.17) is 16.3 Å². The van der Waals surface area contributed by atoms with Crippen LogP contribution in [-0.4, -0.2) is 17.4 Å². The first-order valence-corrected chi connectivity index (χ1v) is 9.09. The molecule has 138 valence electrons. The predicted octanol–water partition coefficient (Wildman–Crippen LogP) is 5.43. The van der Waals surface area contributed by atoms with Crippen molar-refractivity contribution in [3.05, 3.63) is 61.1 Å². The smallest absolute Gasteiger partial charge is 0.269 e. The highest BCUT2D eigenvalue weighted by Crippen LogP contribution is 2.35. The van der Waals surface area contributed by atoms with E-state index in [1.165, 1.54) is 24.3 Å². The van der Waals surface area contributed by atoms with E-state index in [1.807, 2.05) is 19.9 Å². The molecular formula is C18H18BrClN2O4. The summed E-state index contributed by atoms with van der Waals surface area (Å²) < 4.78 is 6.54. The van der Waals surface area contributed by atoms with Gasteiger partial charge in [0.1, 0.15) is 5.75 Å². The Morgan fingerprint density at radius 2 is 1.96 bits per heavy atom. The Morgan fingerprint density at radius 1 is 1.31 bits per heavy atom. The molecule has 0 aliphatic carbocycles. The molecule has 1 N–H and O–H groups in total. The second-order valence-corrected chi connectivity index (χ2v) is 6.92. The third-order valence-corrected chi connectivity index (χ3v) is 5.30. The maximum Gasteiger partial charge on any atom is 0.269 e. The van der Waals surface area contributed by atoms with Crippen molar-refractivity contribution >= 4 is 44.8 Å². The highest BCUT2D eigenvalue weighted by Gasteiger charge is 2.11. The van der Waals surface area contributed by atoms with Gasteiger partial charge in [0.15, 0.2) is 0 Å². The van der Waals surface area contributed by atoms with E-state index >= 15 is 0 Å². The van der Waals surface area contributed by atoms with Crippen molar-refractivity contribution in [2.24, 2.45) is 0 Å². The van der Waals surface area contributed by atoms with Gasteiger partial charge in [-0.2, -0.15) is 0 Å². The molecule has 0 fully saturated rings. The Labute approximate surface area is 164 Å². The lowest BCUT2D eigenvalue weighted by Crippen LogP contribution is -2.13. The molecule has 0 saturated carbocycles. The number of carbonyl (C=O) groups excluding carboxylic acids is 1. The summed E-state index contributed by atoms with van der Waals surface area (Å²) in [4.78, 5) is 22.1. The van der Waals surface area contributed by atoms with Crippen LogP contribution in [0.4, 0.5) is 11.4 Å². The molecule has 8 heteroatoms. The van der Waals surface area contributed by atoms with Crippen LogP contribution in [-0.2, 0) is 4.79 Å². The Hall–Kier alpha value is -2.12. The number of aryl methyl sites for hydroxylation is 1. The summed E-state index contributed by atoms with van der Waals surface area (Å²) in [6.45, 7) is 4.20. The first kappa shape index (κ1) is 20.2. The molecule has 0 bridgehead atoms. The van der Waals surface area contributed by atoms with Gasteiger partial charge in [-0.15, -0.1) is 0 Å². The number of ether oxygens (including phenoxy) is 1. The van der Waals surface area contributed by atoms with E-state index in [1.54, 1.807) is 0 Å². The summed E-state index contributed by atoms with van der Waals surface area (Å²) in [5.41, 5.74) is 2.35. The van der Waals surface area contributed by atoms with Crippen molar-refractivity contribution in [1.29, 1.82) is 0 Å². The zero-order chi connectivity index (χ0) is 19.3. The zero-order valence-corrected chi connectivity index (χ0v) is 16.7. The molecule has 0 aromatic heterocycles. The van der Waals surface area contributed by atoms with Crippen molar-refractivity contribution < 1.29 is 14.5 Å². The minimum Gasteiger partial charge on any atom is -0.492 e. The summed E-state index contributed by atoms with van der Waals surface area (Å²) in [6.07, 6.45) is 0.812. The SMILES string of the molecule is Cc1cc(OCCCC(=O)Nc2ccc([N+](=O)[O-])cc2)c(Br)c(C)c1Cl. The van der Waals surface area contributed by atoms with Crippen LogP contribution in [0.2, 0.25) is 5.02 Å². The van der Waals surface area contributed by atoms with Crippen molar-refractivity contribution in [3.63, 3.8) is 0 Å². The van der Waals surface area contributed by atoms with Gasteiger partial charge in [-0.05, 0) is 65.5 Å². The molecule has 0 heterocycles. The van der Waals surface area contributed by atoms with E-state index in [0.29, 0.717) is 29.5 Å². The summed E-state index contributed by atoms with van der Waals surface area (Å²) in [6, 6.07) is 7.56. The molecule has 6 nitrogen and oxygen atoms in total. The molecule has 0 spiro atoms. The lowest BCUT2D eigenvalue weighted by molar-refractivity contribution is -0.384. The number of carbonyl (C=O) groups is 1. The van der Waals surface area contributed by atoms with Gasteiger partial charge in [0.2, 0.25) is 5.91 Å². The number of non-ortho nitro benzene ring substituents is 1. The Kier molecular flexibility index (Phi) is 6.99. The number of anilines is 1. The van der Waals surface area contributed by atoms with Gasteiger partial charge in [0, 0.05) is 29.3 Å². The molecule has 1 amide bonds. The quantitative estimate of drug-likeness (QED) is 0.353. The lowest BCUT2D eigenvalue weighted by Gasteiger charge is -2.13. The maximum atomic E-state index is 11.9. The molecule has 0 unspecified atom stereocenters. The van der Waals surface area contributed by atoms with Crippen LogP contribution in [0.1, 0.15) is 24.0 Å². The lowest BCUT2D eigenvalue weighted by atomic mass is 10.1. The van der Waals surface area contributed by atoms with Crippen LogP contribution in [0.5, 0.6) is 5.75 Å². The molecule has 2 aromatic rings. The number of amides is 1. The van der Waals surface area contributed by atoms with Crippen LogP contribution < -0.4 is 10.1 Å². The maximum absolute atomic E-state index is 11.9.